The molecule has 1 N–H and O–H groups in total. The highest BCUT2D eigenvalue weighted by molar-refractivity contribution is 6.60. The number of rotatable bonds is 13. The van der Waals surface area contributed by atoms with Gasteiger partial charge in [-0.15, -0.1) is 0 Å². The maximum atomic E-state index is 11.6. The van der Waals surface area contributed by atoms with E-state index in [9.17, 15) is 9.59 Å². The Balaban J connectivity index is 4.66. The summed E-state index contributed by atoms with van der Waals surface area (Å²) >= 11 is 0. The molecule has 0 aromatic carbocycles. The molecule has 0 fully saturated rings. The molecule has 7 nitrogen and oxygen atoms in total. The Hall–Kier alpha value is -0.963. The Kier molecular flexibility index (Phi) is 11.1. The summed E-state index contributed by atoms with van der Waals surface area (Å²) in [5.74, 6) is -2.17. The minimum Gasteiger partial charge on any atom is -0.481 e. The van der Waals surface area contributed by atoms with Crippen molar-refractivity contribution in [2.24, 2.45) is 5.92 Å². The van der Waals surface area contributed by atoms with Gasteiger partial charge in [-0.25, -0.2) is 0 Å². The van der Waals surface area contributed by atoms with Crippen LogP contribution < -0.4 is 0 Å². The van der Waals surface area contributed by atoms with Crippen LogP contribution in [0.25, 0.3) is 0 Å². The third-order valence-corrected chi connectivity index (χ3v) is 6.24. The van der Waals surface area contributed by atoms with Crippen LogP contribution >= 0.6 is 0 Å². The number of ether oxygens (including phenoxy) is 1. The molecule has 0 radical (unpaired) electrons. The molecule has 0 spiro atoms. The number of carbonyl (C=O) groups is 2. The number of carboxylic acids is 1. The van der Waals surface area contributed by atoms with E-state index in [0.717, 1.165) is 0 Å². The average Bonchev–Trinajstić information content (AvgIpc) is 2.46. The van der Waals surface area contributed by atoms with Gasteiger partial charge in [-0.3, -0.25) is 9.59 Å². The second-order valence-electron chi connectivity index (χ2n) is 4.69. The van der Waals surface area contributed by atoms with Gasteiger partial charge in [0.15, 0.2) is 0 Å². The summed E-state index contributed by atoms with van der Waals surface area (Å²) in [4.78, 5) is 22.4. The van der Waals surface area contributed by atoms with Gasteiger partial charge in [-0.1, -0.05) is 0 Å². The molecule has 22 heavy (non-hydrogen) atoms. The average molecular weight is 336 g/mol. The normalized spacial score (nSPS) is 12.9. The van der Waals surface area contributed by atoms with Gasteiger partial charge in [0.25, 0.3) is 0 Å². The van der Waals surface area contributed by atoms with E-state index in [-0.39, 0.29) is 6.42 Å². The van der Waals surface area contributed by atoms with Crippen LogP contribution in [0.5, 0.6) is 0 Å². The molecule has 0 amide bonds. The molecule has 0 aliphatic heterocycles. The lowest BCUT2D eigenvalue weighted by Gasteiger charge is -2.28. The van der Waals surface area contributed by atoms with Crippen molar-refractivity contribution in [2.75, 3.05) is 26.9 Å². The summed E-state index contributed by atoms with van der Waals surface area (Å²) in [6, 6.07) is 0.551. The van der Waals surface area contributed by atoms with Crippen molar-refractivity contribution in [3.8, 4) is 0 Å². The van der Waals surface area contributed by atoms with Crippen molar-refractivity contribution in [1.82, 2.24) is 0 Å². The van der Waals surface area contributed by atoms with Crippen molar-refractivity contribution >= 4 is 20.7 Å². The van der Waals surface area contributed by atoms with E-state index in [0.29, 0.717) is 38.7 Å². The van der Waals surface area contributed by atoms with E-state index in [1.807, 2.05) is 20.8 Å². The number of hydrogen-bond acceptors (Lipinski definition) is 6. The smallest absolute Gasteiger partial charge is 0.481 e. The first-order chi connectivity index (χ1) is 10.4. The van der Waals surface area contributed by atoms with Crippen LogP contribution in [0.15, 0.2) is 0 Å². The number of carbonyl (C=O) groups excluding carboxylic acids is 1. The van der Waals surface area contributed by atoms with Crippen LogP contribution in [0.4, 0.5) is 0 Å². The second kappa shape index (κ2) is 11.6. The molecule has 130 valence electrons. The lowest BCUT2D eigenvalue weighted by Crippen LogP contribution is -2.46. The molecule has 0 aromatic rings. The quantitative estimate of drug-likeness (QED) is 0.406. The van der Waals surface area contributed by atoms with Crippen molar-refractivity contribution in [1.29, 1.82) is 0 Å². The predicted molar refractivity (Wildman–Crippen MR) is 82.4 cm³/mol. The Morgan fingerprint density at radius 2 is 1.55 bits per heavy atom. The molecule has 0 aliphatic rings. The largest absolute Gasteiger partial charge is 0.500 e. The summed E-state index contributed by atoms with van der Waals surface area (Å²) in [5.41, 5.74) is 0. The van der Waals surface area contributed by atoms with Crippen LogP contribution in [0.2, 0.25) is 6.04 Å². The van der Waals surface area contributed by atoms with E-state index >= 15 is 0 Å². The van der Waals surface area contributed by atoms with Crippen LogP contribution in [-0.4, -0.2) is 52.8 Å². The minimum absolute atomic E-state index is 0.237. The Bertz CT molecular complexity index is 318. The van der Waals surface area contributed by atoms with Crippen molar-refractivity contribution in [3.05, 3.63) is 0 Å². The van der Waals surface area contributed by atoms with Crippen LogP contribution in [0.1, 0.15) is 40.0 Å². The molecular formula is C14H28O7Si. The predicted octanol–water partition coefficient (Wildman–Crippen LogP) is 2.08. The molecule has 0 aromatic heterocycles. The van der Waals surface area contributed by atoms with Crippen LogP contribution in [0, 0.1) is 5.92 Å². The lowest BCUT2D eigenvalue weighted by atomic mass is 10.0. The molecule has 0 rings (SSSR count). The summed E-state index contributed by atoms with van der Waals surface area (Å²) in [6.45, 7) is 7.09. The van der Waals surface area contributed by atoms with Gasteiger partial charge < -0.3 is 23.1 Å². The van der Waals surface area contributed by atoms with Crippen LogP contribution in [0.3, 0.4) is 0 Å². The summed E-state index contributed by atoms with van der Waals surface area (Å²) < 4.78 is 21.8. The highest BCUT2D eigenvalue weighted by Gasteiger charge is 2.40. The Morgan fingerprint density at radius 3 is 1.91 bits per heavy atom. The zero-order chi connectivity index (χ0) is 17.0. The SMILES string of the molecule is CCO[Si](CCCC(CC(=O)O)C(=O)OC)(OCC)OCC. The number of hydrogen-bond donors (Lipinski definition) is 1. The van der Waals surface area contributed by atoms with Crippen molar-refractivity contribution in [2.45, 2.75) is 46.1 Å². The maximum Gasteiger partial charge on any atom is 0.500 e. The van der Waals surface area contributed by atoms with E-state index in [1.165, 1.54) is 7.11 Å². The zero-order valence-corrected chi connectivity index (χ0v) is 14.9. The number of aliphatic carboxylic acids is 1. The fourth-order valence-electron chi connectivity index (χ4n) is 2.25. The summed E-state index contributed by atoms with van der Waals surface area (Å²) in [6.07, 6.45) is 0.749. The molecular weight excluding hydrogens is 308 g/mol. The topological polar surface area (TPSA) is 91.3 Å². The highest BCUT2D eigenvalue weighted by Crippen LogP contribution is 2.23. The fourth-order valence-corrected chi connectivity index (χ4v) is 4.89. The van der Waals surface area contributed by atoms with E-state index in [2.05, 4.69) is 4.74 Å². The number of esters is 1. The third kappa shape index (κ3) is 7.88. The monoisotopic (exact) mass is 336 g/mol. The third-order valence-electron chi connectivity index (χ3n) is 3.08. The van der Waals surface area contributed by atoms with E-state index in [4.69, 9.17) is 18.4 Å². The van der Waals surface area contributed by atoms with E-state index in [1.54, 1.807) is 0 Å². The van der Waals surface area contributed by atoms with Gasteiger partial charge in [-0.2, -0.15) is 0 Å². The van der Waals surface area contributed by atoms with Gasteiger partial charge >= 0.3 is 20.7 Å². The van der Waals surface area contributed by atoms with Crippen molar-refractivity contribution < 1.29 is 32.7 Å². The van der Waals surface area contributed by atoms with Gasteiger partial charge in [0.05, 0.1) is 19.4 Å². The summed E-state index contributed by atoms with van der Waals surface area (Å²) in [7, 11) is -1.49. The van der Waals surface area contributed by atoms with Crippen LogP contribution in [-0.2, 0) is 27.6 Å². The molecule has 8 heteroatoms. The molecule has 0 aliphatic carbocycles. The summed E-state index contributed by atoms with van der Waals surface area (Å²) in [5, 5.41) is 8.87. The first-order valence-corrected chi connectivity index (χ1v) is 9.59. The zero-order valence-electron chi connectivity index (χ0n) is 13.9. The first-order valence-electron chi connectivity index (χ1n) is 7.66. The van der Waals surface area contributed by atoms with Gasteiger partial charge in [0.1, 0.15) is 0 Å². The van der Waals surface area contributed by atoms with Gasteiger partial charge in [0.2, 0.25) is 0 Å². The Morgan fingerprint density at radius 1 is 1.05 bits per heavy atom. The molecule has 0 heterocycles. The molecule has 0 saturated carbocycles. The lowest BCUT2D eigenvalue weighted by molar-refractivity contribution is -0.151. The van der Waals surface area contributed by atoms with E-state index < -0.39 is 26.7 Å². The highest BCUT2D eigenvalue weighted by atomic mass is 28.4. The first kappa shape index (κ1) is 21.0. The van der Waals surface area contributed by atoms with Crippen molar-refractivity contribution in [3.63, 3.8) is 0 Å². The van der Waals surface area contributed by atoms with Gasteiger partial charge in [-0.05, 0) is 33.6 Å². The minimum atomic E-state index is -2.75. The molecule has 1 atom stereocenters. The Labute approximate surface area is 133 Å². The molecule has 0 saturated heterocycles. The van der Waals surface area contributed by atoms with Gasteiger partial charge in [0, 0.05) is 25.9 Å². The fraction of sp³-hybridized carbons (Fsp3) is 0.857. The maximum absolute atomic E-state index is 11.6. The number of methoxy groups -OCH3 is 1. The molecule has 1 unspecified atom stereocenters. The molecule has 0 bridgehead atoms. The standard InChI is InChI=1S/C14H28O7Si/c1-5-19-22(20-6-2,21-7-3)10-8-9-12(11-13(15)16)14(17)18-4/h12H,5-11H2,1-4H3,(H,15,16). The second-order valence-corrected chi connectivity index (χ2v) is 7.42. The number of carboxylic acid groups (broad SMARTS) is 1.